The van der Waals surface area contributed by atoms with E-state index in [2.05, 4.69) is 199 Å². The number of fused-ring (bicyclic) bond motifs is 6. The third kappa shape index (κ3) is 5.32. The molecular weight excluding hydrogens is 691 g/mol. The second-order valence-corrected chi connectivity index (χ2v) is 15.4. The molecule has 1 heterocycles. The SMILES string of the molecule is C1=CC(c2ccc(N(C3=CC=C(c4cccc5c4oc4ccccc45)CC3)c3cccc4c3-c3ccccc3C4(c3ccccc3)c3ccccc3)cc2)=CCC1. The van der Waals surface area contributed by atoms with Gasteiger partial charge in [0, 0.05) is 33.3 Å². The van der Waals surface area contributed by atoms with E-state index in [1.165, 1.54) is 72.4 Å². The van der Waals surface area contributed by atoms with Gasteiger partial charge in [0.05, 0.1) is 11.1 Å². The highest BCUT2D eigenvalue weighted by atomic mass is 16.3. The van der Waals surface area contributed by atoms with Crippen LogP contribution in [0.15, 0.2) is 210 Å². The van der Waals surface area contributed by atoms with E-state index >= 15 is 0 Å². The van der Waals surface area contributed by atoms with E-state index < -0.39 is 5.41 Å². The zero-order valence-corrected chi connectivity index (χ0v) is 31.7. The van der Waals surface area contributed by atoms with E-state index in [9.17, 15) is 0 Å². The quantitative estimate of drug-likeness (QED) is 0.162. The summed E-state index contributed by atoms with van der Waals surface area (Å²) in [7, 11) is 0. The average molecular weight is 732 g/mol. The summed E-state index contributed by atoms with van der Waals surface area (Å²) >= 11 is 0. The minimum atomic E-state index is -0.473. The Morgan fingerprint density at radius 1 is 0.526 bits per heavy atom. The first-order valence-corrected chi connectivity index (χ1v) is 20.2. The van der Waals surface area contributed by atoms with Gasteiger partial charge in [0.2, 0.25) is 0 Å². The van der Waals surface area contributed by atoms with Gasteiger partial charge in [0.15, 0.2) is 0 Å². The van der Waals surface area contributed by atoms with E-state index in [0.29, 0.717) is 0 Å². The van der Waals surface area contributed by atoms with Crippen molar-refractivity contribution in [2.45, 2.75) is 31.1 Å². The van der Waals surface area contributed by atoms with E-state index in [-0.39, 0.29) is 0 Å². The number of nitrogens with zero attached hydrogens (tertiary/aromatic N) is 1. The summed E-state index contributed by atoms with van der Waals surface area (Å²) in [6.45, 7) is 0. The van der Waals surface area contributed by atoms with Gasteiger partial charge < -0.3 is 9.32 Å². The molecule has 2 nitrogen and oxygen atoms in total. The summed E-state index contributed by atoms with van der Waals surface area (Å²) in [5, 5.41) is 2.33. The maximum atomic E-state index is 6.51. The molecule has 0 unspecified atom stereocenters. The molecule has 7 aromatic carbocycles. The fraction of sp³-hybridized carbons (Fsp3) is 0.0909. The third-order valence-electron chi connectivity index (χ3n) is 12.3. The summed E-state index contributed by atoms with van der Waals surface area (Å²) in [5.74, 6) is 0. The monoisotopic (exact) mass is 731 g/mol. The van der Waals surface area contributed by atoms with Crippen LogP contribution in [0.4, 0.5) is 11.4 Å². The van der Waals surface area contributed by atoms with Crippen molar-refractivity contribution in [1.29, 1.82) is 0 Å². The van der Waals surface area contributed by atoms with Gasteiger partial charge in [-0.15, -0.1) is 0 Å². The van der Waals surface area contributed by atoms with Crippen LogP contribution in [-0.2, 0) is 5.41 Å². The smallest absolute Gasteiger partial charge is 0.142 e. The summed E-state index contributed by atoms with van der Waals surface area (Å²) in [6, 6.07) is 62.3. The third-order valence-corrected chi connectivity index (χ3v) is 12.3. The summed E-state index contributed by atoms with van der Waals surface area (Å²) < 4.78 is 6.51. The Hall–Kier alpha value is -6.90. The zero-order chi connectivity index (χ0) is 37.8. The lowest BCUT2D eigenvalue weighted by molar-refractivity contribution is 0.667. The van der Waals surface area contributed by atoms with Crippen LogP contribution in [0.25, 0.3) is 44.2 Å². The molecule has 0 N–H and O–H groups in total. The number of rotatable bonds is 7. The summed E-state index contributed by atoms with van der Waals surface area (Å²) in [5.41, 5.74) is 17.8. The van der Waals surface area contributed by atoms with Crippen molar-refractivity contribution in [3.8, 4) is 11.1 Å². The van der Waals surface area contributed by atoms with E-state index in [1.54, 1.807) is 0 Å². The molecule has 57 heavy (non-hydrogen) atoms. The molecule has 0 amide bonds. The van der Waals surface area contributed by atoms with Crippen molar-refractivity contribution >= 4 is 44.5 Å². The Morgan fingerprint density at radius 2 is 1.21 bits per heavy atom. The number of hydrogen-bond acceptors (Lipinski definition) is 2. The van der Waals surface area contributed by atoms with Gasteiger partial charge in [-0.05, 0) is 101 Å². The number of para-hydroxylation sites is 2. The molecule has 0 saturated carbocycles. The summed E-state index contributed by atoms with van der Waals surface area (Å²) in [6.07, 6.45) is 15.6. The van der Waals surface area contributed by atoms with Crippen LogP contribution >= 0.6 is 0 Å². The predicted molar refractivity (Wildman–Crippen MR) is 238 cm³/mol. The van der Waals surface area contributed by atoms with E-state index in [0.717, 1.165) is 47.9 Å². The van der Waals surface area contributed by atoms with Crippen LogP contribution in [0.5, 0.6) is 0 Å². The van der Waals surface area contributed by atoms with Crippen molar-refractivity contribution < 1.29 is 4.42 Å². The van der Waals surface area contributed by atoms with Crippen molar-refractivity contribution in [2.75, 3.05) is 4.90 Å². The lowest BCUT2D eigenvalue weighted by Crippen LogP contribution is -2.28. The fourth-order valence-electron chi connectivity index (χ4n) is 9.79. The molecule has 0 bridgehead atoms. The number of benzene rings is 7. The molecule has 0 aliphatic heterocycles. The van der Waals surface area contributed by atoms with Gasteiger partial charge in [-0.3, -0.25) is 0 Å². The van der Waals surface area contributed by atoms with Gasteiger partial charge >= 0.3 is 0 Å². The first-order valence-electron chi connectivity index (χ1n) is 20.2. The maximum Gasteiger partial charge on any atom is 0.142 e. The Labute approximate surface area is 334 Å². The molecule has 2 heteroatoms. The molecule has 0 radical (unpaired) electrons. The Kier molecular flexibility index (Phi) is 8.03. The Balaban J connectivity index is 1.12. The Morgan fingerprint density at radius 3 is 1.96 bits per heavy atom. The number of anilines is 2. The molecule has 0 atom stereocenters. The van der Waals surface area contributed by atoms with Crippen LogP contribution in [0.2, 0.25) is 0 Å². The average Bonchev–Trinajstić information content (AvgIpc) is 3.83. The van der Waals surface area contributed by atoms with Gasteiger partial charge in [0.25, 0.3) is 0 Å². The second kappa shape index (κ2) is 13.7. The molecule has 1 aromatic heterocycles. The second-order valence-electron chi connectivity index (χ2n) is 15.4. The first kappa shape index (κ1) is 33.4. The van der Waals surface area contributed by atoms with Gasteiger partial charge in [-0.2, -0.15) is 0 Å². The molecule has 0 saturated heterocycles. The number of furan rings is 1. The van der Waals surface area contributed by atoms with E-state index in [1.807, 2.05) is 6.07 Å². The molecular formula is C55H41NO. The van der Waals surface area contributed by atoms with Crippen molar-refractivity contribution in [1.82, 2.24) is 0 Å². The van der Waals surface area contributed by atoms with Crippen LogP contribution in [0, 0.1) is 0 Å². The lowest BCUT2D eigenvalue weighted by atomic mass is 9.68. The van der Waals surface area contributed by atoms with Gasteiger partial charge in [0.1, 0.15) is 11.2 Å². The largest absolute Gasteiger partial charge is 0.455 e. The van der Waals surface area contributed by atoms with E-state index in [4.69, 9.17) is 4.42 Å². The van der Waals surface area contributed by atoms with Crippen molar-refractivity contribution in [2.24, 2.45) is 0 Å². The van der Waals surface area contributed by atoms with Crippen LogP contribution < -0.4 is 4.90 Å². The molecule has 0 fully saturated rings. The minimum Gasteiger partial charge on any atom is -0.455 e. The fourth-order valence-corrected chi connectivity index (χ4v) is 9.79. The predicted octanol–water partition coefficient (Wildman–Crippen LogP) is 14.6. The topological polar surface area (TPSA) is 16.4 Å². The minimum absolute atomic E-state index is 0.473. The maximum absolute atomic E-state index is 6.51. The number of allylic oxidation sites excluding steroid dienone is 8. The molecule has 272 valence electrons. The molecule has 8 aromatic rings. The molecule has 0 spiro atoms. The first-order chi connectivity index (χ1) is 28.3. The van der Waals surface area contributed by atoms with Gasteiger partial charge in [-0.25, -0.2) is 0 Å². The highest BCUT2D eigenvalue weighted by Crippen LogP contribution is 2.59. The Bertz CT molecular complexity index is 2900. The highest BCUT2D eigenvalue weighted by molar-refractivity contribution is 6.08. The normalized spacial score (nSPS) is 15.5. The van der Waals surface area contributed by atoms with Crippen LogP contribution in [-0.4, -0.2) is 0 Å². The van der Waals surface area contributed by atoms with Crippen molar-refractivity contribution in [3.05, 3.63) is 239 Å². The van der Waals surface area contributed by atoms with Crippen LogP contribution in [0.1, 0.15) is 59.1 Å². The number of hydrogen-bond donors (Lipinski definition) is 0. The lowest BCUT2D eigenvalue weighted by Gasteiger charge is -2.35. The zero-order valence-electron chi connectivity index (χ0n) is 31.7. The molecule has 3 aliphatic carbocycles. The van der Waals surface area contributed by atoms with Gasteiger partial charge in [-0.1, -0.05) is 170 Å². The molecule has 11 rings (SSSR count). The highest BCUT2D eigenvalue weighted by Gasteiger charge is 2.47. The standard InChI is InChI=1S/C55H41NO/c1-4-16-38(17-5-1)39-30-34-43(35-31-39)56(44-36-32-40(33-37-44)45-24-14-25-47-46-22-11-13-29-52(46)57-54(45)47)51-28-15-27-50-53(51)48-23-10-12-26-49(48)55(50,41-18-6-2-7-19-41)42-20-8-3-9-21-42/h2-4,6-32,34-36H,1,5,33,37H2. The van der Waals surface area contributed by atoms with Crippen molar-refractivity contribution in [3.63, 3.8) is 0 Å². The summed E-state index contributed by atoms with van der Waals surface area (Å²) in [4.78, 5) is 2.53. The molecule has 3 aliphatic rings. The van der Waals surface area contributed by atoms with Crippen LogP contribution in [0.3, 0.4) is 0 Å².